The van der Waals surface area contributed by atoms with Gasteiger partial charge in [0.25, 0.3) is 0 Å². The van der Waals surface area contributed by atoms with Crippen molar-refractivity contribution in [2.75, 3.05) is 26.2 Å². The van der Waals surface area contributed by atoms with Crippen LogP contribution < -0.4 is 5.32 Å². The molecule has 0 bridgehead atoms. The molecule has 1 fully saturated rings. The first kappa shape index (κ1) is 15.3. The molecule has 18 heavy (non-hydrogen) atoms. The molecule has 1 aliphatic carbocycles. The number of urea groups is 1. The maximum Gasteiger partial charge on any atom is 0.317 e. The lowest BCUT2D eigenvalue weighted by atomic mass is 9.91. The second kappa shape index (κ2) is 9.20. The van der Waals surface area contributed by atoms with Crippen molar-refractivity contribution in [1.29, 1.82) is 0 Å². The van der Waals surface area contributed by atoms with Crippen LogP contribution in [0, 0.1) is 5.92 Å². The van der Waals surface area contributed by atoms with Gasteiger partial charge in [0.1, 0.15) is 0 Å². The van der Waals surface area contributed by atoms with Gasteiger partial charge in [0.2, 0.25) is 0 Å². The first-order valence-corrected chi connectivity index (χ1v) is 7.41. The number of rotatable bonds is 5. The van der Waals surface area contributed by atoms with Gasteiger partial charge in [0.15, 0.2) is 0 Å². The van der Waals surface area contributed by atoms with Gasteiger partial charge in [-0.25, -0.2) is 4.79 Å². The molecule has 2 N–H and O–H groups in total. The molecule has 0 aliphatic heterocycles. The predicted octanol–water partition coefficient (Wildman–Crippen LogP) is 2.37. The van der Waals surface area contributed by atoms with E-state index in [1.165, 1.54) is 44.9 Å². The fourth-order valence-electron chi connectivity index (χ4n) is 2.61. The summed E-state index contributed by atoms with van der Waals surface area (Å²) in [6.07, 6.45) is 9.15. The van der Waals surface area contributed by atoms with E-state index in [4.69, 9.17) is 5.11 Å². The molecule has 0 aromatic carbocycles. The molecule has 0 aromatic heterocycles. The van der Waals surface area contributed by atoms with E-state index in [0.717, 1.165) is 6.54 Å². The molecule has 0 heterocycles. The average Bonchev–Trinajstić information content (AvgIpc) is 2.34. The van der Waals surface area contributed by atoms with E-state index in [-0.39, 0.29) is 12.6 Å². The lowest BCUT2D eigenvalue weighted by molar-refractivity contribution is 0.178. The summed E-state index contributed by atoms with van der Waals surface area (Å²) < 4.78 is 0. The number of aliphatic hydroxyl groups is 1. The van der Waals surface area contributed by atoms with Gasteiger partial charge in [-0.05, 0) is 25.7 Å². The van der Waals surface area contributed by atoms with Gasteiger partial charge in [-0.3, -0.25) is 0 Å². The SMILES string of the molecule is CCN(CCO)C(=O)NCC1CCCCCCC1. The van der Waals surface area contributed by atoms with Crippen molar-refractivity contribution in [3.8, 4) is 0 Å². The Morgan fingerprint density at radius 3 is 2.39 bits per heavy atom. The number of nitrogens with one attached hydrogen (secondary N) is 1. The minimum absolute atomic E-state index is 0.0324. The fraction of sp³-hybridized carbons (Fsp3) is 0.929. The maximum absolute atomic E-state index is 11.9. The molecule has 2 amide bonds. The molecule has 0 aromatic rings. The van der Waals surface area contributed by atoms with Crippen molar-refractivity contribution in [3.63, 3.8) is 0 Å². The second-order valence-electron chi connectivity index (χ2n) is 5.20. The summed E-state index contributed by atoms with van der Waals surface area (Å²) in [7, 11) is 0. The zero-order valence-corrected chi connectivity index (χ0v) is 11.7. The highest BCUT2D eigenvalue weighted by Crippen LogP contribution is 2.21. The quantitative estimate of drug-likeness (QED) is 0.793. The maximum atomic E-state index is 11.9. The third kappa shape index (κ3) is 5.71. The van der Waals surface area contributed by atoms with E-state index in [2.05, 4.69) is 5.32 Å². The molecule has 4 nitrogen and oxygen atoms in total. The van der Waals surface area contributed by atoms with Crippen LogP contribution in [0.15, 0.2) is 0 Å². The van der Waals surface area contributed by atoms with Gasteiger partial charge in [-0.1, -0.05) is 32.1 Å². The number of hydrogen-bond donors (Lipinski definition) is 2. The molecule has 0 atom stereocenters. The van der Waals surface area contributed by atoms with Gasteiger partial charge in [0.05, 0.1) is 6.61 Å². The van der Waals surface area contributed by atoms with E-state index in [1.807, 2.05) is 6.92 Å². The van der Waals surface area contributed by atoms with E-state index < -0.39 is 0 Å². The predicted molar refractivity (Wildman–Crippen MR) is 73.5 cm³/mol. The fourth-order valence-corrected chi connectivity index (χ4v) is 2.61. The molecule has 106 valence electrons. The Balaban J connectivity index is 2.26. The summed E-state index contributed by atoms with van der Waals surface area (Å²) in [5.41, 5.74) is 0. The topological polar surface area (TPSA) is 52.6 Å². The van der Waals surface area contributed by atoms with Crippen molar-refractivity contribution in [2.45, 2.75) is 51.9 Å². The van der Waals surface area contributed by atoms with Crippen LogP contribution in [0.5, 0.6) is 0 Å². The van der Waals surface area contributed by atoms with Gasteiger partial charge >= 0.3 is 6.03 Å². The molecule has 0 spiro atoms. The number of aliphatic hydroxyl groups excluding tert-OH is 1. The number of carbonyl (C=O) groups is 1. The Kier molecular flexibility index (Phi) is 7.81. The number of amides is 2. The largest absolute Gasteiger partial charge is 0.395 e. The highest BCUT2D eigenvalue weighted by atomic mass is 16.3. The Hall–Kier alpha value is -0.770. The lowest BCUT2D eigenvalue weighted by Gasteiger charge is -2.24. The van der Waals surface area contributed by atoms with Gasteiger partial charge < -0.3 is 15.3 Å². The zero-order valence-electron chi connectivity index (χ0n) is 11.7. The monoisotopic (exact) mass is 256 g/mol. The van der Waals surface area contributed by atoms with Gasteiger partial charge in [-0.2, -0.15) is 0 Å². The van der Waals surface area contributed by atoms with Crippen LogP contribution in [0.25, 0.3) is 0 Å². The molecule has 1 rings (SSSR count). The summed E-state index contributed by atoms with van der Waals surface area (Å²) in [6, 6.07) is -0.0337. The Morgan fingerprint density at radius 1 is 1.22 bits per heavy atom. The molecule has 0 radical (unpaired) electrons. The highest BCUT2D eigenvalue weighted by molar-refractivity contribution is 5.74. The normalized spacial score (nSPS) is 17.9. The average molecular weight is 256 g/mol. The molecule has 0 unspecified atom stereocenters. The number of carbonyl (C=O) groups excluding carboxylic acids is 1. The molecular weight excluding hydrogens is 228 g/mol. The standard InChI is InChI=1S/C14H28N2O2/c1-2-16(10-11-17)14(18)15-12-13-8-6-4-3-5-7-9-13/h13,17H,2-12H2,1H3,(H,15,18). The Bertz CT molecular complexity index is 226. The number of hydrogen-bond acceptors (Lipinski definition) is 2. The first-order valence-electron chi connectivity index (χ1n) is 7.41. The summed E-state index contributed by atoms with van der Waals surface area (Å²) in [5, 5.41) is 11.9. The van der Waals surface area contributed by atoms with Crippen LogP contribution in [0.2, 0.25) is 0 Å². The van der Waals surface area contributed by atoms with E-state index in [9.17, 15) is 4.79 Å². The summed E-state index contributed by atoms with van der Waals surface area (Å²) in [4.78, 5) is 13.5. The zero-order chi connectivity index (χ0) is 13.2. The van der Waals surface area contributed by atoms with Crippen molar-refractivity contribution in [2.24, 2.45) is 5.92 Å². The smallest absolute Gasteiger partial charge is 0.317 e. The second-order valence-corrected chi connectivity index (χ2v) is 5.20. The first-order chi connectivity index (χ1) is 8.77. The molecule has 1 saturated carbocycles. The molecule has 0 saturated heterocycles. The van der Waals surface area contributed by atoms with Crippen LogP contribution >= 0.6 is 0 Å². The van der Waals surface area contributed by atoms with E-state index >= 15 is 0 Å². The van der Waals surface area contributed by atoms with Crippen LogP contribution in [0.3, 0.4) is 0 Å². The van der Waals surface area contributed by atoms with Crippen LogP contribution in [-0.4, -0.2) is 42.3 Å². The third-order valence-corrected chi connectivity index (χ3v) is 3.81. The van der Waals surface area contributed by atoms with Crippen molar-refractivity contribution < 1.29 is 9.90 Å². The van der Waals surface area contributed by atoms with E-state index in [1.54, 1.807) is 4.90 Å². The van der Waals surface area contributed by atoms with Crippen molar-refractivity contribution in [3.05, 3.63) is 0 Å². The van der Waals surface area contributed by atoms with E-state index in [0.29, 0.717) is 19.0 Å². The summed E-state index contributed by atoms with van der Waals surface area (Å²) in [5.74, 6) is 0.641. The Labute approximate surface area is 111 Å². The van der Waals surface area contributed by atoms with Gasteiger partial charge in [-0.15, -0.1) is 0 Å². The van der Waals surface area contributed by atoms with Crippen molar-refractivity contribution in [1.82, 2.24) is 10.2 Å². The Morgan fingerprint density at radius 2 is 1.83 bits per heavy atom. The summed E-state index contributed by atoms with van der Waals surface area (Å²) >= 11 is 0. The van der Waals surface area contributed by atoms with Gasteiger partial charge in [0, 0.05) is 19.6 Å². The third-order valence-electron chi connectivity index (χ3n) is 3.81. The molecule has 1 aliphatic rings. The lowest BCUT2D eigenvalue weighted by Crippen LogP contribution is -2.43. The minimum atomic E-state index is -0.0337. The highest BCUT2D eigenvalue weighted by Gasteiger charge is 2.15. The molecular formula is C14H28N2O2. The van der Waals surface area contributed by atoms with Crippen LogP contribution in [0.1, 0.15) is 51.9 Å². The van der Waals surface area contributed by atoms with Crippen molar-refractivity contribution >= 4 is 6.03 Å². The number of likely N-dealkylation sites (N-methyl/N-ethyl adjacent to an activating group) is 1. The number of nitrogens with zero attached hydrogens (tertiary/aromatic N) is 1. The van der Waals surface area contributed by atoms with Crippen LogP contribution in [0.4, 0.5) is 4.79 Å². The summed E-state index contributed by atoms with van der Waals surface area (Å²) in [6.45, 7) is 3.83. The minimum Gasteiger partial charge on any atom is -0.395 e. The van der Waals surface area contributed by atoms with Crippen LogP contribution in [-0.2, 0) is 0 Å². The molecule has 4 heteroatoms.